The number of aromatic nitrogens is 1. The van der Waals surface area contributed by atoms with Crippen molar-refractivity contribution >= 4 is 36.4 Å². The maximum atomic E-state index is 12.5. The van der Waals surface area contributed by atoms with Gasteiger partial charge in [0, 0.05) is 24.6 Å². The van der Waals surface area contributed by atoms with Gasteiger partial charge in [-0.3, -0.25) is 9.78 Å². The van der Waals surface area contributed by atoms with Gasteiger partial charge in [-0.1, -0.05) is 13.8 Å². The van der Waals surface area contributed by atoms with Crippen molar-refractivity contribution in [3.63, 3.8) is 0 Å². The van der Waals surface area contributed by atoms with Crippen molar-refractivity contribution < 1.29 is 9.53 Å². The number of carbonyl (C=O) groups excluding carboxylic acids is 1. The lowest BCUT2D eigenvalue weighted by atomic mass is 9.54. The molecule has 2 atom stereocenters. The van der Waals surface area contributed by atoms with E-state index in [0.29, 0.717) is 18.7 Å². The number of nitrogens with two attached hydrogens (primary N) is 1. The number of nitrogens with zero attached hydrogens (tertiary/aromatic N) is 1. The van der Waals surface area contributed by atoms with Crippen molar-refractivity contribution in [2.45, 2.75) is 45.8 Å². The van der Waals surface area contributed by atoms with E-state index in [-0.39, 0.29) is 42.2 Å². The maximum absolute atomic E-state index is 12.5. The first kappa shape index (κ1) is 21.1. The Bertz CT molecular complexity index is 525. The van der Waals surface area contributed by atoms with Gasteiger partial charge in [0.15, 0.2) is 0 Å². The number of anilines is 1. The van der Waals surface area contributed by atoms with Gasteiger partial charge in [0.05, 0.1) is 17.5 Å². The third-order valence-corrected chi connectivity index (χ3v) is 4.49. The molecule has 126 valence electrons. The van der Waals surface area contributed by atoms with Crippen LogP contribution in [0.25, 0.3) is 0 Å². The van der Waals surface area contributed by atoms with Gasteiger partial charge >= 0.3 is 0 Å². The number of carbonyl (C=O) groups is 1. The van der Waals surface area contributed by atoms with E-state index in [9.17, 15) is 4.79 Å². The zero-order valence-corrected chi connectivity index (χ0v) is 15.0. The van der Waals surface area contributed by atoms with Gasteiger partial charge in [-0.05, 0) is 26.0 Å². The summed E-state index contributed by atoms with van der Waals surface area (Å²) in [6.07, 6.45) is 2.26. The predicted octanol–water partition coefficient (Wildman–Crippen LogP) is 2.70. The molecule has 0 spiro atoms. The molecule has 0 saturated heterocycles. The number of nitrogens with one attached hydrogen (secondary N) is 1. The number of aryl methyl sites for hydroxylation is 1. The first-order valence-corrected chi connectivity index (χ1v) is 6.96. The van der Waals surface area contributed by atoms with E-state index in [1.54, 1.807) is 12.3 Å². The van der Waals surface area contributed by atoms with Crippen LogP contribution < -0.4 is 11.1 Å². The summed E-state index contributed by atoms with van der Waals surface area (Å²) in [5, 5.41) is 2.89. The van der Waals surface area contributed by atoms with Gasteiger partial charge in [0.2, 0.25) is 5.91 Å². The largest absolute Gasteiger partial charge is 0.378 e. The van der Waals surface area contributed by atoms with Crippen LogP contribution in [0.5, 0.6) is 0 Å². The normalized spacial score (nSPS) is 25.2. The van der Waals surface area contributed by atoms with E-state index in [4.69, 9.17) is 10.5 Å². The minimum absolute atomic E-state index is 0. The van der Waals surface area contributed by atoms with Gasteiger partial charge in [-0.2, -0.15) is 0 Å². The van der Waals surface area contributed by atoms with Gasteiger partial charge in [0.25, 0.3) is 0 Å². The summed E-state index contributed by atoms with van der Waals surface area (Å²) in [4.78, 5) is 16.7. The number of pyridine rings is 1. The fraction of sp³-hybridized carbons (Fsp3) is 0.600. The molecule has 1 saturated carbocycles. The number of halogens is 2. The summed E-state index contributed by atoms with van der Waals surface area (Å²) in [7, 11) is 0. The summed E-state index contributed by atoms with van der Waals surface area (Å²) < 4.78 is 5.64. The van der Waals surface area contributed by atoms with E-state index in [0.717, 1.165) is 5.69 Å². The molecule has 1 aromatic heterocycles. The van der Waals surface area contributed by atoms with E-state index in [2.05, 4.69) is 10.3 Å². The summed E-state index contributed by atoms with van der Waals surface area (Å²) in [5.74, 6) is -0.172. The van der Waals surface area contributed by atoms with E-state index in [1.165, 1.54) is 0 Å². The van der Waals surface area contributed by atoms with Crippen LogP contribution in [0.4, 0.5) is 5.69 Å². The molecular weight excluding hydrogens is 325 g/mol. The van der Waals surface area contributed by atoms with Crippen LogP contribution in [0.15, 0.2) is 18.3 Å². The molecule has 1 fully saturated rings. The summed E-state index contributed by atoms with van der Waals surface area (Å²) in [6, 6.07) is 3.62. The third-order valence-electron chi connectivity index (χ3n) is 4.49. The number of ether oxygens (including phenoxy) is 1. The smallest absolute Gasteiger partial charge is 0.245 e. The van der Waals surface area contributed by atoms with E-state index in [1.807, 2.05) is 33.8 Å². The van der Waals surface area contributed by atoms with Crippen LogP contribution in [0.2, 0.25) is 0 Å². The molecule has 3 N–H and O–H groups in total. The molecule has 2 unspecified atom stereocenters. The molecule has 1 aliphatic rings. The Labute approximate surface area is 144 Å². The fourth-order valence-corrected chi connectivity index (χ4v) is 2.67. The SMILES string of the molecule is CCOC1CC(N)(C(=O)Nc2cccnc2C)C1(C)C.Cl.Cl. The molecular formula is C15H25Cl2N3O2. The second-order valence-corrected chi connectivity index (χ2v) is 5.93. The molecule has 1 heterocycles. The molecule has 0 radical (unpaired) electrons. The van der Waals surface area contributed by atoms with Crippen molar-refractivity contribution in [1.82, 2.24) is 4.98 Å². The minimum Gasteiger partial charge on any atom is -0.378 e. The average molecular weight is 350 g/mol. The van der Waals surface area contributed by atoms with Crippen LogP contribution in [0, 0.1) is 12.3 Å². The van der Waals surface area contributed by atoms with Crippen molar-refractivity contribution in [3.8, 4) is 0 Å². The number of hydrogen-bond donors (Lipinski definition) is 2. The second-order valence-electron chi connectivity index (χ2n) is 5.93. The Balaban J connectivity index is 0.00000220. The quantitative estimate of drug-likeness (QED) is 0.875. The van der Waals surface area contributed by atoms with Crippen molar-refractivity contribution in [2.24, 2.45) is 11.1 Å². The van der Waals surface area contributed by atoms with Gasteiger partial charge in [-0.25, -0.2) is 0 Å². The first-order valence-electron chi connectivity index (χ1n) is 6.96. The Hall–Kier alpha value is -0.880. The molecule has 22 heavy (non-hydrogen) atoms. The number of amides is 1. The first-order chi connectivity index (χ1) is 9.33. The predicted molar refractivity (Wildman–Crippen MR) is 92.8 cm³/mol. The topological polar surface area (TPSA) is 77.2 Å². The highest BCUT2D eigenvalue weighted by Gasteiger charge is 2.62. The van der Waals surface area contributed by atoms with Crippen LogP contribution in [-0.2, 0) is 9.53 Å². The highest BCUT2D eigenvalue weighted by atomic mass is 35.5. The molecule has 1 amide bonds. The molecule has 1 aliphatic carbocycles. The molecule has 1 aromatic rings. The number of hydrogen-bond acceptors (Lipinski definition) is 4. The second kappa shape index (κ2) is 7.59. The molecule has 5 nitrogen and oxygen atoms in total. The van der Waals surface area contributed by atoms with Crippen LogP contribution in [-0.4, -0.2) is 29.1 Å². The minimum atomic E-state index is -0.908. The molecule has 0 aliphatic heterocycles. The van der Waals surface area contributed by atoms with E-state index >= 15 is 0 Å². The summed E-state index contributed by atoms with van der Waals surface area (Å²) in [5.41, 5.74) is 6.52. The maximum Gasteiger partial charge on any atom is 0.245 e. The Morgan fingerprint density at radius 3 is 2.64 bits per heavy atom. The van der Waals surface area contributed by atoms with E-state index < -0.39 is 5.54 Å². The van der Waals surface area contributed by atoms with Crippen LogP contribution >= 0.6 is 24.8 Å². The molecule has 7 heteroatoms. The lowest BCUT2D eigenvalue weighted by Gasteiger charge is -2.57. The van der Waals surface area contributed by atoms with Gasteiger partial charge < -0.3 is 15.8 Å². The van der Waals surface area contributed by atoms with Crippen molar-refractivity contribution in [2.75, 3.05) is 11.9 Å². The molecule has 2 rings (SSSR count). The zero-order chi connectivity index (χ0) is 15.0. The summed E-state index contributed by atoms with van der Waals surface area (Å²) >= 11 is 0. The number of rotatable bonds is 4. The lowest BCUT2D eigenvalue weighted by molar-refractivity contribution is -0.166. The van der Waals surface area contributed by atoms with Crippen molar-refractivity contribution in [3.05, 3.63) is 24.0 Å². The lowest BCUT2D eigenvalue weighted by Crippen LogP contribution is -2.74. The zero-order valence-electron chi connectivity index (χ0n) is 13.4. The highest BCUT2D eigenvalue weighted by Crippen LogP contribution is 2.50. The molecule has 0 bridgehead atoms. The van der Waals surface area contributed by atoms with Gasteiger partial charge in [0.1, 0.15) is 5.54 Å². The molecule has 0 aromatic carbocycles. The average Bonchev–Trinajstić information content (AvgIpc) is 2.40. The summed E-state index contributed by atoms with van der Waals surface area (Å²) in [6.45, 7) is 8.39. The highest BCUT2D eigenvalue weighted by molar-refractivity contribution is 6.00. The van der Waals surface area contributed by atoms with Crippen molar-refractivity contribution in [1.29, 1.82) is 0 Å². The monoisotopic (exact) mass is 349 g/mol. The fourth-order valence-electron chi connectivity index (χ4n) is 2.67. The standard InChI is InChI=1S/C15H23N3O2.2ClH/c1-5-20-12-9-15(16,14(12,3)4)13(19)18-11-7-6-8-17-10(11)2;;/h6-8,12H,5,9,16H2,1-4H3,(H,18,19);2*1H. The Morgan fingerprint density at radius 1 is 1.50 bits per heavy atom. The Morgan fingerprint density at radius 2 is 2.14 bits per heavy atom. The van der Waals surface area contributed by atoms with Gasteiger partial charge in [-0.15, -0.1) is 24.8 Å². The third kappa shape index (κ3) is 3.38. The van der Waals surface area contributed by atoms with Crippen LogP contribution in [0.3, 0.4) is 0 Å². The van der Waals surface area contributed by atoms with Crippen LogP contribution in [0.1, 0.15) is 32.9 Å². The Kier molecular flexibility index (Phi) is 7.29.